The number of carbonyl (C=O) groups is 2. The van der Waals surface area contributed by atoms with Crippen molar-refractivity contribution in [2.75, 3.05) is 11.4 Å². The van der Waals surface area contributed by atoms with Crippen molar-refractivity contribution in [2.45, 2.75) is 6.42 Å². The molecule has 1 aromatic heterocycles. The minimum atomic E-state index is -0.950. The Balaban J connectivity index is 2.05. The highest BCUT2D eigenvalue weighted by molar-refractivity contribution is 6.04. The molecule has 2 aromatic rings. The molecule has 1 atom stereocenters. The van der Waals surface area contributed by atoms with Gasteiger partial charge in [-0.15, -0.1) is 0 Å². The second-order valence-electron chi connectivity index (χ2n) is 4.46. The van der Waals surface area contributed by atoms with Crippen LogP contribution in [-0.2, 0) is 9.59 Å². The highest BCUT2D eigenvalue weighted by Gasteiger charge is 2.36. The van der Waals surface area contributed by atoms with Gasteiger partial charge < -0.3 is 5.11 Å². The zero-order valence-corrected chi connectivity index (χ0v) is 9.98. The van der Waals surface area contributed by atoms with Crippen LogP contribution in [0.1, 0.15) is 6.42 Å². The monoisotopic (exact) mass is 257 g/mol. The number of para-hydroxylation sites is 1. The number of aliphatic carboxylic acids is 1. The van der Waals surface area contributed by atoms with Gasteiger partial charge in [-0.1, -0.05) is 12.1 Å². The first-order valence-electron chi connectivity index (χ1n) is 5.89. The average Bonchev–Trinajstić information content (AvgIpc) is 2.80. The van der Waals surface area contributed by atoms with Crippen LogP contribution in [0.3, 0.4) is 0 Å². The van der Waals surface area contributed by atoms with Gasteiger partial charge in [0.2, 0.25) is 5.91 Å². The van der Waals surface area contributed by atoms with Gasteiger partial charge in [-0.2, -0.15) is 0 Å². The number of aromatic nitrogens is 2. The van der Waals surface area contributed by atoms with E-state index < -0.39 is 11.9 Å². The normalized spacial score (nSPS) is 19.1. The molecular formula is C13H11N3O3. The molecule has 2 heterocycles. The molecule has 6 heteroatoms. The third-order valence-corrected chi connectivity index (χ3v) is 3.25. The molecule has 1 unspecified atom stereocenters. The Labute approximate surface area is 108 Å². The van der Waals surface area contributed by atoms with Crippen LogP contribution in [0, 0.1) is 5.92 Å². The topological polar surface area (TPSA) is 83.4 Å². The fraction of sp³-hybridized carbons (Fsp3) is 0.231. The van der Waals surface area contributed by atoms with Gasteiger partial charge >= 0.3 is 5.97 Å². The van der Waals surface area contributed by atoms with Gasteiger partial charge in [0, 0.05) is 18.4 Å². The average molecular weight is 257 g/mol. The quantitative estimate of drug-likeness (QED) is 0.869. The Morgan fingerprint density at radius 2 is 2.11 bits per heavy atom. The summed E-state index contributed by atoms with van der Waals surface area (Å²) in [6.45, 7) is 0.162. The molecule has 0 bridgehead atoms. The number of carboxylic acids is 1. The third kappa shape index (κ3) is 1.91. The number of benzene rings is 1. The summed E-state index contributed by atoms with van der Waals surface area (Å²) in [5.41, 5.74) is 0.735. The SMILES string of the molecule is O=C(O)C1CC(=O)N(c2ncnc3ccccc23)C1. The van der Waals surface area contributed by atoms with Gasteiger partial charge in [0.1, 0.15) is 12.1 Å². The van der Waals surface area contributed by atoms with Gasteiger partial charge in [0.15, 0.2) is 0 Å². The van der Waals surface area contributed by atoms with Crippen molar-refractivity contribution in [1.82, 2.24) is 9.97 Å². The van der Waals surface area contributed by atoms with Crippen molar-refractivity contribution in [3.8, 4) is 0 Å². The first kappa shape index (κ1) is 11.6. The largest absolute Gasteiger partial charge is 0.481 e. The molecule has 1 aliphatic heterocycles. The Hall–Kier alpha value is -2.50. The van der Waals surface area contributed by atoms with Crippen LogP contribution < -0.4 is 4.90 Å². The van der Waals surface area contributed by atoms with E-state index in [0.29, 0.717) is 5.82 Å². The summed E-state index contributed by atoms with van der Waals surface area (Å²) in [7, 11) is 0. The maximum absolute atomic E-state index is 11.9. The molecule has 1 saturated heterocycles. The number of carbonyl (C=O) groups excluding carboxylic acids is 1. The molecule has 1 N–H and O–H groups in total. The lowest BCUT2D eigenvalue weighted by Gasteiger charge is -2.16. The van der Waals surface area contributed by atoms with Crippen molar-refractivity contribution in [2.24, 2.45) is 5.92 Å². The van der Waals surface area contributed by atoms with E-state index in [2.05, 4.69) is 9.97 Å². The van der Waals surface area contributed by atoms with Crippen molar-refractivity contribution >= 4 is 28.6 Å². The van der Waals surface area contributed by atoms with Crippen LogP contribution in [0.4, 0.5) is 5.82 Å². The van der Waals surface area contributed by atoms with E-state index in [0.717, 1.165) is 10.9 Å². The molecule has 96 valence electrons. The van der Waals surface area contributed by atoms with Crippen LogP contribution in [0.5, 0.6) is 0 Å². The zero-order valence-electron chi connectivity index (χ0n) is 9.98. The molecular weight excluding hydrogens is 246 g/mol. The summed E-state index contributed by atoms with van der Waals surface area (Å²) >= 11 is 0. The lowest BCUT2D eigenvalue weighted by Crippen LogP contribution is -2.27. The molecule has 1 aromatic carbocycles. The molecule has 0 aliphatic carbocycles. The first-order chi connectivity index (χ1) is 9.16. The fourth-order valence-electron chi connectivity index (χ4n) is 2.28. The maximum Gasteiger partial charge on any atom is 0.308 e. The molecule has 1 amide bonds. The summed E-state index contributed by atoms with van der Waals surface area (Å²) in [6.07, 6.45) is 1.41. The van der Waals surface area contributed by atoms with E-state index in [-0.39, 0.29) is 18.9 Å². The molecule has 6 nitrogen and oxygen atoms in total. The van der Waals surface area contributed by atoms with Crippen LogP contribution in [0.2, 0.25) is 0 Å². The summed E-state index contributed by atoms with van der Waals surface area (Å²) in [4.78, 5) is 32.6. The van der Waals surface area contributed by atoms with Crippen LogP contribution in [0.25, 0.3) is 10.9 Å². The van der Waals surface area contributed by atoms with E-state index in [1.165, 1.54) is 11.2 Å². The van der Waals surface area contributed by atoms with Crippen LogP contribution in [-0.4, -0.2) is 33.5 Å². The van der Waals surface area contributed by atoms with Gasteiger partial charge in [-0.25, -0.2) is 9.97 Å². The number of hydrogen-bond donors (Lipinski definition) is 1. The number of hydrogen-bond acceptors (Lipinski definition) is 4. The summed E-state index contributed by atoms with van der Waals surface area (Å²) in [5.74, 6) is -1.34. The molecule has 19 heavy (non-hydrogen) atoms. The summed E-state index contributed by atoms with van der Waals surface area (Å²) < 4.78 is 0. The minimum Gasteiger partial charge on any atom is -0.481 e. The molecule has 0 radical (unpaired) electrons. The number of nitrogens with zero attached hydrogens (tertiary/aromatic N) is 3. The smallest absolute Gasteiger partial charge is 0.308 e. The van der Waals surface area contributed by atoms with E-state index in [4.69, 9.17) is 5.11 Å². The predicted octanol–water partition coefficient (Wildman–Crippen LogP) is 1.07. The lowest BCUT2D eigenvalue weighted by atomic mass is 10.1. The maximum atomic E-state index is 11.9. The van der Waals surface area contributed by atoms with Crippen molar-refractivity contribution in [3.63, 3.8) is 0 Å². The number of anilines is 1. The van der Waals surface area contributed by atoms with E-state index in [1.807, 2.05) is 24.3 Å². The third-order valence-electron chi connectivity index (χ3n) is 3.25. The second-order valence-corrected chi connectivity index (χ2v) is 4.46. The van der Waals surface area contributed by atoms with Crippen molar-refractivity contribution < 1.29 is 14.7 Å². The molecule has 1 aliphatic rings. The van der Waals surface area contributed by atoms with Crippen molar-refractivity contribution in [3.05, 3.63) is 30.6 Å². The number of carboxylic acid groups (broad SMARTS) is 1. The Morgan fingerprint density at radius 3 is 2.84 bits per heavy atom. The Morgan fingerprint density at radius 1 is 1.32 bits per heavy atom. The molecule has 0 spiro atoms. The molecule has 0 saturated carbocycles. The standard InChI is InChI=1S/C13H11N3O3/c17-11-5-8(13(18)19)6-16(11)12-9-3-1-2-4-10(9)14-7-15-12/h1-4,7-8H,5-6H2,(H,18,19). The van der Waals surface area contributed by atoms with Crippen molar-refractivity contribution in [1.29, 1.82) is 0 Å². The number of amides is 1. The predicted molar refractivity (Wildman–Crippen MR) is 67.6 cm³/mol. The van der Waals surface area contributed by atoms with E-state index >= 15 is 0 Å². The Kier molecular flexibility index (Phi) is 2.63. The minimum absolute atomic E-state index is 0.0215. The van der Waals surface area contributed by atoms with E-state index in [1.54, 1.807) is 0 Å². The highest BCUT2D eigenvalue weighted by Crippen LogP contribution is 2.28. The van der Waals surface area contributed by atoms with Gasteiger partial charge in [0.25, 0.3) is 0 Å². The fourth-order valence-corrected chi connectivity index (χ4v) is 2.28. The zero-order chi connectivity index (χ0) is 13.4. The summed E-state index contributed by atoms with van der Waals surface area (Å²) in [5, 5.41) is 9.75. The van der Waals surface area contributed by atoms with E-state index in [9.17, 15) is 9.59 Å². The van der Waals surface area contributed by atoms with Gasteiger partial charge in [-0.3, -0.25) is 14.5 Å². The highest BCUT2D eigenvalue weighted by atomic mass is 16.4. The Bertz CT molecular complexity index is 666. The van der Waals surface area contributed by atoms with Crippen LogP contribution in [0.15, 0.2) is 30.6 Å². The molecule has 3 rings (SSSR count). The van der Waals surface area contributed by atoms with Crippen LogP contribution >= 0.6 is 0 Å². The number of fused-ring (bicyclic) bond motifs is 1. The first-order valence-corrected chi connectivity index (χ1v) is 5.89. The van der Waals surface area contributed by atoms with Gasteiger partial charge in [0.05, 0.1) is 11.4 Å². The molecule has 1 fully saturated rings. The summed E-state index contributed by atoms with van der Waals surface area (Å²) in [6, 6.07) is 7.34. The second kappa shape index (κ2) is 4.31. The number of rotatable bonds is 2. The van der Waals surface area contributed by atoms with Gasteiger partial charge in [-0.05, 0) is 12.1 Å². The lowest BCUT2D eigenvalue weighted by molar-refractivity contribution is -0.141.